The topological polar surface area (TPSA) is 88.1 Å². The first-order valence-corrected chi connectivity index (χ1v) is 8.32. The molecule has 0 fully saturated rings. The predicted octanol–water partition coefficient (Wildman–Crippen LogP) is 1.33. The molecule has 26 heavy (non-hydrogen) atoms. The molecule has 0 aliphatic carbocycles. The van der Waals surface area contributed by atoms with Crippen molar-refractivity contribution in [2.45, 2.75) is 13.0 Å². The lowest BCUT2D eigenvalue weighted by Crippen LogP contribution is -2.39. The van der Waals surface area contributed by atoms with Gasteiger partial charge in [0, 0.05) is 20.6 Å². The second-order valence-corrected chi connectivity index (χ2v) is 6.20. The molecular weight excluding hydrogens is 360 g/mol. The maximum Gasteiger partial charge on any atom is 0.339 e. The van der Waals surface area contributed by atoms with E-state index in [2.05, 4.69) is 4.98 Å². The number of carbonyl (C=O) groups excluding carboxylic acids is 1. The highest BCUT2D eigenvalue weighted by Crippen LogP contribution is 2.15. The molecule has 0 amide bonds. The Labute approximate surface area is 153 Å². The monoisotopic (exact) mass is 376 g/mol. The minimum atomic E-state index is -0.544. The summed E-state index contributed by atoms with van der Waals surface area (Å²) in [5.74, 6) is -0.544. The Bertz CT molecular complexity index is 1100. The number of nitrogens with zero attached hydrogens (tertiary/aromatic N) is 4. The minimum absolute atomic E-state index is 0.0586. The van der Waals surface area contributed by atoms with E-state index in [0.29, 0.717) is 22.6 Å². The van der Waals surface area contributed by atoms with Gasteiger partial charge in [0.15, 0.2) is 11.2 Å². The van der Waals surface area contributed by atoms with Gasteiger partial charge in [0.2, 0.25) is 0 Å². The minimum Gasteiger partial charge on any atom is -0.462 e. The standard InChI is InChI=1S/C17H17ClN4O4/c1-20-10-19-14-13(20)15(23)22(17(25)21(14)2)8-5-9-26-16(24)11-6-3-4-7-12(11)18/h3-4,6-7,10H,5,8-9H2,1-2H3. The molecule has 0 atom stereocenters. The number of hydrogen-bond donors (Lipinski definition) is 0. The van der Waals surface area contributed by atoms with E-state index in [1.54, 1.807) is 42.9 Å². The molecule has 136 valence electrons. The average molecular weight is 377 g/mol. The molecule has 3 aromatic rings. The van der Waals surface area contributed by atoms with E-state index >= 15 is 0 Å². The Hall–Kier alpha value is -2.87. The Balaban J connectivity index is 1.72. The Morgan fingerprint density at radius 3 is 2.69 bits per heavy atom. The molecule has 2 aromatic heterocycles. The summed E-state index contributed by atoms with van der Waals surface area (Å²) in [6, 6.07) is 6.58. The molecule has 0 saturated heterocycles. The summed E-state index contributed by atoms with van der Waals surface area (Å²) < 4.78 is 9.19. The molecule has 0 spiro atoms. The van der Waals surface area contributed by atoms with Crippen molar-refractivity contribution >= 4 is 28.7 Å². The van der Waals surface area contributed by atoms with Gasteiger partial charge in [-0.25, -0.2) is 14.6 Å². The summed E-state index contributed by atoms with van der Waals surface area (Å²) in [7, 11) is 3.25. The number of aryl methyl sites for hydroxylation is 2. The van der Waals surface area contributed by atoms with E-state index in [1.807, 2.05) is 0 Å². The average Bonchev–Trinajstić information content (AvgIpc) is 3.01. The molecule has 0 aliphatic rings. The number of ether oxygens (including phenoxy) is 1. The first-order chi connectivity index (χ1) is 12.4. The van der Waals surface area contributed by atoms with Crippen molar-refractivity contribution in [3.63, 3.8) is 0 Å². The van der Waals surface area contributed by atoms with Crippen LogP contribution in [0.3, 0.4) is 0 Å². The highest BCUT2D eigenvalue weighted by molar-refractivity contribution is 6.33. The molecule has 9 heteroatoms. The smallest absolute Gasteiger partial charge is 0.339 e. The Kier molecular flexibility index (Phi) is 4.94. The molecule has 1 aromatic carbocycles. The summed E-state index contributed by atoms with van der Waals surface area (Å²) in [5, 5.41) is 0.309. The van der Waals surface area contributed by atoms with Gasteiger partial charge >= 0.3 is 11.7 Å². The van der Waals surface area contributed by atoms with Crippen LogP contribution in [0, 0.1) is 0 Å². The van der Waals surface area contributed by atoms with E-state index in [9.17, 15) is 14.4 Å². The molecule has 0 aliphatic heterocycles. The largest absolute Gasteiger partial charge is 0.462 e. The maximum atomic E-state index is 12.5. The highest BCUT2D eigenvalue weighted by Gasteiger charge is 2.15. The van der Waals surface area contributed by atoms with E-state index in [1.165, 1.54) is 10.9 Å². The van der Waals surface area contributed by atoms with Crippen molar-refractivity contribution in [1.29, 1.82) is 0 Å². The third-order valence-corrected chi connectivity index (χ3v) is 4.38. The van der Waals surface area contributed by atoms with Gasteiger partial charge in [-0.05, 0) is 18.6 Å². The van der Waals surface area contributed by atoms with E-state index in [4.69, 9.17) is 16.3 Å². The summed E-state index contributed by atoms with van der Waals surface area (Å²) in [5.41, 5.74) is 0.0850. The summed E-state index contributed by atoms with van der Waals surface area (Å²) in [6.07, 6.45) is 1.80. The van der Waals surface area contributed by atoms with Gasteiger partial charge < -0.3 is 9.30 Å². The number of benzene rings is 1. The van der Waals surface area contributed by atoms with Crippen molar-refractivity contribution in [2.75, 3.05) is 6.61 Å². The number of aromatic nitrogens is 4. The fraction of sp³-hybridized carbons (Fsp3) is 0.294. The second-order valence-electron chi connectivity index (χ2n) is 5.80. The molecule has 0 N–H and O–H groups in total. The number of imidazole rings is 1. The van der Waals surface area contributed by atoms with Gasteiger partial charge in [-0.1, -0.05) is 23.7 Å². The molecular formula is C17H17ClN4O4. The summed E-state index contributed by atoms with van der Waals surface area (Å²) in [4.78, 5) is 41.0. The van der Waals surface area contributed by atoms with Crippen molar-refractivity contribution in [3.8, 4) is 0 Å². The van der Waals surface area contributed by atoms with Gasteiger partial charge in [0.1, 0.15) is 0 Å². The molecule has 8 nitrogen and oxygen atoms in total. The van der Waals surface area contributed by atoms with Crippen LogP contribution in [0.25, 0.3) is 11.2 Å². The van der Waals surface area contributed by atoms with Crippen LogP contribution < -0.4 is 11.2 Å². The third kappa shape index (κ3) is 3.15. The van der Waals surface area contributed by atoms with Crippen LogP contribution in [0.5, 0.6) is 0 Å². The maximum absolute atomic E-state index is 12.5. The van der Waals surface area contributed by atoms with Crippen molar-refractivity contribution in [3.05, 3.63) is 62.0 Å². The van der Waals surface area contributed by atoms with Gasteiger partial charge in [0.25, 0.3) is 5.56 Å². The van der Waals surface area contributed by atoms with Crippen LogP contribution in [0.1, 0.15) is 16.8 Å². The molecule has 0 bridgehead atoms. The zero-order valence-corrected chi connectivity index (χ0v) is 15.1. The first kappa shape index (κ1) is 17.9. The Morgan fingerprint density at radius 1 is 1.23 bits per heavy atom. The number of esters is 1. The van der Waals surface area contributed by atoms with Gasteiger partial charge in [-0.3, -0.25) is 13.9 Å². The number of rotatable bonds is 5. The zero-order valence-electron chi connectivity index (χ0n) is 14.3. The zero-order chi connectivity index (χ0) is 18.8. The number of halogens is 1. The lowest BCUT2D eigenvalue weighted by atomic mass is 10.2. The molecule has 2 heterocycles. The molecule has 3 rings (SSSR count). The van der Waals surface area contributed by atoms with Crippen LogP contribution in [0.4, 0.5) is 0 Å². The van der Waals surface area contributed by atoms with E-state index in [-0.39, 0.29) is 18.7 Å². The van der Waals surface area contributed by atoms with Crippen LogP contribution in [-0.4, -0.2) is 31.3 Å². The highest BCUT2D eigenvalue weighted by atomic mass is 35.5. The first-order valence-electron chi connectivity index (χ1n) is 7.94. The number of hydrogen-bond acceptors (Lipinski definition) is 5. The van der Waals surface area contributed by atoms with Crippen LogP contribution >= 0.6 is 11.6 Å². The fourth-order valence-corrected chi connectivity index (χ4v) is 2.90. The quantitative estimate of drug-likeness (QED) is 0.495. The van der Waals surface area contributed by atoms with Crippen molar-refractivity contribution in [2.24, 2.45) is 14.1 Å². The Morgan fingerprint density at radius 2 is 1.96 bits per heavy atom. The van der Waals surface area contributed by atoms with Crippen LogP contribution in [0.15, 0.2) is 40.2 Å². The van der Waals surface area contributed by atoms with Crippen molar-refractivity contribution in [1.82, 2.24) is 18.7 Å². The van der Waals surface area contributed by atoms with Gasteiger partial charge in [-0.15, -0.1) is 0 Å². The number of carbonyl (C=O) groups is 1. The van der Waals surface area contributed by atoms with Crippen LogP contribution in [0.2, 0.25) is 5.02 Å². The fourth-order valence-electron chi connectivity index (χ4n) is 2.69. The van der Waals surface area contributed by atoms with E-state index in [0.717, 1.165) is 4.57 Å². The summed E-state index contributed by atoms with van der Waals surface area (Å²) in [6.45, 7) is 0.186. The van der Waals surface area contributed by atoms with Crippen LogP contribution in [-0.2, 0) is 25.4 Å². The lowest BCUT2D eigenvalue weighted by molar-refractivity contribution is 0.0495. The predicted molar refractivity (Wildman–Crippen MR) is 96.6 cm³/mol. The molecule has 0 radical (unpaired) electrons. The lowest BCUT2D eigenvalue weighted by Gasteiger charge is -2.09. The summed E-state index contributed by atoms with van der Waals surface area (Å²) >= 11 is 5.95. The van der Waals surface area contributed by atoms with Crippen molar-refractivity contribution < 1.29 is 9.53 Å². The number of fused-ring (bicyclic) bond motifs is 1. The SMILES string of the molecule is Cn1cnc2c1c(=O)n(CCCOC(=O)c1ccccc1Cl)c(=O)n2C. The van der Waals surface area contributed by atoms with Gasteiger partial charge in [0.05, 0.1) is 23.5 Å². The van der Waals surface area contributed by atoms with Gasteiger partial charge in [-0.2, -0.15) is 0 Å². The third-order valence-electron chi connectivity index (χ3n) is 4.05. The normalized spacial score (nSPS) is 11.0. The van der Waals surface area contributed by atoms with E-state index < -0.39 is 17.2 Å². The second kappa shape index (κ2) is 7.17. The molecule has 0 unspecified atom stereocenters. The molecule has 0 saturated carbocycles.